The predicted molar refractivity (Wildman–Crippen MR) is 145 cm³/mol. The minimum atomic E-state index is 0.262. The number of fused-ring (bicyclic) bond motifs is 1. The second kappa shape index (κ2) is 10.8. The largest absolute Gasteiger partial charge is 0.372 e. The zero-order chi connectivity index (χ0) is 23.3. The molecule has 0 unspecified atom stereocenters. The first-order valence-electron chi connectivity index (χ1n) is 11.9. The molecule has 1 aromatic heterocycles. The van der Waals surface area contributed by atoms with Crippen molar-refractivity contribution in [3.63, 3.8) is 0 Å². The summed E-state index contributed by atoms with van der Waals surface area (Å²) in [5, 5.41) is 1.93. The van der Waals surface area contributed by atoms with Gasteiger partial charge in [0.2, 0.25) is 0 Å². The number of thioether (sulfide) groups is 1. The van der Waals surface area contributed by atoms with Crippen molar-refractivity contribution in [2.45, 2.75) is 37.4 Å². The van der Waals surface area contributed by atoms with Crippen molar-refractivity contribution >= 4 is 40.0 Å². The molecule has 4 aromatic rings. The fraction of sp³-hybridized carbons (Fsp3) is 0.276. The van der Waals surface area contributed by atoms with Crippen molar-refractivity contribution in [3.8, 4) is 11.1 Å². The Morgan fingerprint density at radius 1 is 0.971 bits per heavy atom. The molecular formula is C29H29ClN2OS. The van der Waals surface area contributed by atoms with Gasteiger partial charge in [0.05, 0.1) is 23.9 Å². The van der Waals surface area contributed by atoms with Gasteiger partial charge >= 0.3 is 0 Å². The molecule has 0 amide bonds. The molecule has 1 aliphatic rings. The molecule has 0 radical (unpaired) electrons. The van der Waals surface area contributed by atoms with Gasteiger partial charge in [0, 0.05) is 39.6 Å². The summed E-state index contributed by atoms with van der Waals surface area (Å²) in [4.78, 5) is 8.55. The Bertz CT molecular complexity index is 1250. The van der Waals surface area contributed by atoms with Gasteiger partial charge in [-0.05, 0) is 66.6 Å². The van der Waals surface area contributed by atoms with E-state index in [1.165, 1.54) is 27.1 Å². The van der Waals surface area contributed by atoms with E-state index in [1.807, 2.05) is 36.0 Å². The summed E-state index contributed by atoms with van der Waals surface area (Å²) in [6.07, 6.45) is 2.29. The van der Waals surface area contributed by atoms with Crippen LogP contribution in [0.3, 0.4) is 0 Å². The summed E-state index contributed by atoms with van der Waals surface area (Å²) < 4.78 is 6.27. The Morgan fingerprint density at radius 3 is 2.56 bits per heavy atom. The van der Waals surface area contributed by atoms with E-state index < -0.39 is 0 Å². The highest BCUT2D eigenvalue weighted by Gasteiger charge is 2.22. The van der Waals surface area contributed by atoms with Crippen LogP contribution in [-0.4, -0.2) is 29.9 Å². The lowest BCUT2D eigenvalue weighted by atomic mass is 10.0. The Kier molecular flexibility index (Phi) is 7.39. The standard InChI is InChI=1S/C29H29ClN2OS/c1-2-34-26-13-14-29(27(19-26)21-7-10-23(30)11-8-21)32-17-15-25(16-18-32)33-20-24-12-9-22-5-3-4-6-28(22)31-24/h3-14,19,25H,2,15-18,20H2,1H3. The lowest BCUT2D eigenvalue weighted by molar-refractivity contribution is 0.0236. The molecule has 3 nitrogen and oxygen atoms in total. The number of para-hydroxylation sites is 1. The summed E-state index contributed by atoms with van der Waals surface area (Å²) in [5.41, 5.74) is 5.79. The number of rotatable bonds is 7. The quantitative estimate of drug-likeness (QED) is 0.247. The maximum atomic E-state index is 6.27. The van der Waals surface area contributed by atoms with Crippen molar-refractivity contribution in [1.29, 1.82) is 0 Å². The van der Waals surface area contributed by atoms with Gasteiger partial charge in [0.1, 0.15) is 0 Å². The van der Waals surface area contributed by atoms with Gasteiger partial charge in [-0.15, -0.1) is 11.8 Å². The molecule has 0 N–H and O–H groups in total. The van der Waals surface area contributed by atoms with E-state index in [1.54, 1.807) is 0 Å². The van der Waals surface area contributed by atoms with E-state index in [9.17, 15) is 0 Å². The van der Waals surface area contributed by atoms with Gasteiger partial charge in [0.25, 0.3) is 0 Å². The smallest absolute Gasteiger partial charge is 0.0891 e. The van der Waals surface area contributed by atoms with Crippen molar-refractivity contribution in [1.82, 2.24) is 4.98 Å². The summed E-state index contributed by atoms with van der Waals surface area (Å²) in [5.74, 6) is 1.06. The molecule has 5 heteroatoms. The van der Waals surface area contributed by atoms with Crippen LogP contribution in [0, 0.1) is 0 Å². The number of halogens is 1. The first-order valence-corrected chi connectivity index (χ1v) is 13.3. The molecule has 2 heterocycles. The fourth-order valence-electron chi connectivity index (χ4n) is 4.56. The van der Waals surface area contributed by atoms with Gasteiger partial charge in [-0.3, -0.25) is 4.98 Å². The molecule has 0 atom stereocenters. The zero-order valence-corrected chi connectivity index (χ0v) is 21.0. The summed E-state index contributed by atoms with van der Waals surface area (Å²) in [6, 6.07) is 27.5. The number of hydrogen-bond acceptors (Lipinski definition) is 4. The van der Waals surface area contributed by atoms with Crippen LogP contribution < -0.4 is 4.90 Å². The molecule has 0 saturated carbocycles. The number of aromatic nitrogens is 1. The monoisotopic (exact) mass is 488 g/mol. The molecule has 1 aliphatic heterocycles. The van der Waals surface area contributed by atoms with Crippen LogP contribution in [0.4, 0.5) is 5.69 Å². The average molecular weight is 489 g/mol. The second-order valence-electron chi connectivity index (χ2n) is 8.61. The van der Waals surface area contributed by atoms with Crippen molar-refractivity contribution in [3.05, 3.63) is 89.6 Å². The highest BCUT2D eigenvalue weighted by atomic mass is 35.5. The first-order chi connectivity index (χ1) is 16.7. The molecule has 0 spiro atoms. The maximum Gasteiger partial charge on any atom is 0.0891 e. The van der Waals surface area contributed by atoms with Crippen LogP contribution in [0.5, 0.6) is 0 Å². The van der Waals surface area contributed by atoms with Crippen molar-refractivity contribution < 1.29 is 4.74 Å². The number of anilines is 1. The Balaban J connectivity index is 1.26. The first kappa shape index (κ1) is 23.2. The number of piperidine rings is 1. The van der Waals surface area contributed by atoms with Crippen molar-refractivity contribution in [2.24, 2.45) is 0 Å². The lowest BCUT2D eigenvalue weighted by Gasteiger charge is -2.35. The van der Waals surface area contributed by atoms with E-state index in [2.05, 4.69) is 66.4 Å². The molecule has 0 aliphatic carbocycles. The SMILES string of the molecule is CCSc1ccc(N2CCC(OCc3ccc4ccccc4n3)CC2)c(-c2ccc(Cl)cc2)c1. The highest BCUT2D eigenvalue weighted by Crippen LogP contribution is 2.36. The van der Waals surface area contributed by atoms with Crippen LogP contribution in [0.25, 0.3) is 22.0 Å². The van der Waals surface area contributed by atoms with E-state index in [0.717, 1.165) is 47.9 Å². The third kappa shape index (κ3) is 5.41. The number of ether oxygens (including phenoxy) is 1. The molecule has 0 bridgehead atoms. The van der Waals surface area contributed by atoms with Crippen LogP contribution in [-0.2, 0) is 11.3 Å². The minimum Gasteiger partial charge on any atom is -0.372 e. The molecule has 5 rings (SSSR count). The summed E-state index contributed by atoms with van der Waals surface area (Å²) in [7, 11) is 0. The maximum absolute atomic E-state index is 6.27. The number of nitrogens with zero attached hydrogens (tertiary/aromatic N) is 2. The van der Waals surface area contributed by atoms with Gasteiger partial charge in [-0.1, -0.05) is 54.9 Å². The fourth-order valence-corrected chi connectivity index (χ4v) is 5.39. The lowest BCUT2D eigenvalue weighted by Crippen LogP contribution is -2.37. The van der Waals surface area contributed by atoms with E-state index >= 15 is 0 Å². The van der Waals surface area contributed by atoms with Gasteiger partial charge in [-0.25, -0.2) is 0 Å². The topological polar surface area (TPSA) is 25.4 Å². The molecule has 174 valence electrons. The van der Waals surface area contributed by atoms with E-state index in [0.29, 0.717) is 6.61 Å². The van der Waals surface area contributed by atoms with Gasteiger partial charge in [-0.2, -0.15) is 0 Å². The molecule has 1 saturated heterocycles. The van der Waals surface area contributed by atoms with Crippen LogP contribution in [0.15, 0.2) is 83.8 Å². The molecule has 3 aromatic carbocycles. The minimum absolute atomic E-state index is 0.262. The third-order valence-electron chi connectivity index (χ3n) is 6.34. The second-order valence-corrected chi connectivity index (χ2v) is 10.4. The Morgan fingerprint density at radius 2 is 1.76 bits per heavy atom. The average Bonchev–Trinajstić information content (AvgIpc) is 2.88. The molecular weight excluding hydrogens is 460 g/mol. The zero-order valence-electron chi connectivity index (χ0n) is 19.4. The van der Waals surface area contributed by atoms with Crippen LogP contribution in [0.1, 0.15) is 25.5 Å². The normalized spacial score (nSPS) is 14.6. The van der Waals surface area contributed by atoms with Crippen LogP contribution >= 0.6 is 23.4 Å². The number of benzene rings is 3. The summed E-state index contributed by atoms with van der Waals surface area (Å²) in [6.45, 7) is 4.72. The Hall–Kier alpha value is -2.53. The number of hydrogen-bond donors (Lipinski definition) is 0. The van der Waals surface area contributed by atoms with E-state index in [-0.39, 0.29) is 6.10 Å². The van der Waals surface area contributed by atoms with E-state index in [4.69, 9.17) is 21.3 Å². The number of pyridine rings is 1. The molecule has 34 heavy (non-hydrogen) atoms. The van der Waals surface area contributed by atoms with Crippen molar-refractivity contribution in [2.75, 3.05) is 23.7 Å². The van der Waals surface area contributed by atoms with Gasteiger partial charge < -0.3 is 9.64 Å². The summed E-state index contributed by atoms with van der Waals surface area (Å²) >= 11 is 8.03. The highest BCUT2D eigenvalue weighted by molar-refractivity contribution is 7.99. The van der Waals surface area contributed by atoms with Gasteiger partial charge in [0.15, 0.2) is 0 Å². The van der Waals surface area contributed by atoms with Crippen LogP contribution in [0.2, 0.25) is 5.02 Å². The predicted octanol–water partition coefficient (Wildman–Crippen LogP) is 7.85. The third-order valence-corrected chi connectivity index (χ3v) is 7.47. The Labute approximate surface area is 211 Å². The molecule has 1 fully saturated rings.